The van der Waals surface area contributed by atoms with Crippen LogP contribution in [-0.4, -0.2) is 36.8 Å². The smallest absolute Gasteiger partial charge is 0.191 e. The lowest BCUT2D eigenvalue weighted by molar-refractivity contribution is 0.185. The highest BCUT2D eigenvalue weighted by Gasteiger charge is 2.33. The second kappa shape index (κ2) is 5.04. The molecule has 16 heavy (non-hydrogen) atoms. The number of nitrogens with zero attached hydrogens (tertiary/aromatic N) is 1. The molecule has 4 heteroatoms. The molecule has 1 aliphatic heterocycles. The van der Waals surface area contributed by atoms with Gasteiger partial charge in [0.25, 0.3) is 0 Å². The molecule has 0 saturated heterocycles. The maximum Gasteiger partial charge on any atom is 0.191 e. The van der Waals surface area contributed by atoms with Crippen LogP contribution in [0.1, 0.15) is 39.0 Å². The first kappa shape index (κ1) is 11.7. The Morgan fingerprint density at radius 2 is 2.25 bits per heavy atom. The molecule has 2 aliphatic rings. The Kier molecular flexibility index (Phi) is 3.69. The Morgan fingerprint density at radius 1 is 1.50 bits per heavy atom. The Morgan fingerprint density at radius 3 is 2.81 bits per heavy atom. The van der Waals surface area contributed by atoms with Crippen LogP contribution >= 0.6 is 0 Å². The number of guanidine groups is 1. The van der Waals surface area contributed by atoms with E-state index in [9.17, 15) is 0 Å². The molecule has 1 unspecified atom stereocenters. The molecule has 1 atom stereocenters. The Bertz CT molecular complexity index is 259. The summed E-state index contributed by atoms with van der Waals surface area (Å²) in [6.07, 6.45) is 6.01. The minimum atomic E-state index is 0.304. The lowest BCUT2D eigenvalue weighted by Crippen LogP contribution is -2.43. The topological polar surface area (TPSA) is 56.7 Å². The maximum absolute atomic E-state index is 9.15. The van der Waals surface area contributed by atoms with Crippen molar-refractivity contribution in [2.75, 3.05) is 19.7 Å². The third-order valence-corrected chi connectivity index (χ3v) is 3.84. The number of aliphatic hydroxyl groups is 1. The van der Waals surface area contributed by atoms with E-state index >= 15 is 0 Å². The lowest BCUT2D eigenvalue weighted by atomic mass is 9.83. The van der Waals surface area contributed by atoms with Gasteiger partial charge in [-0.1, -0.05) is 12.8 Å². The van der Waals surface area contributed by atoms with Crippen molar-refractivity contribution in [1.29, 1.82) is 0 Å². The number of aliphatic imine (C=N–C) groups is 1. The fraction of sp³-hybridized carbons (Fsp3) is 0.917. The van der Waals surface area contributed by atoms with E-state index in [2.05, 4.69) is 22.5 Å². The van der Waals surface area contributed by atoms with Gasteiger partial charge in [-0.2, -0.15) is 0 Å². The molecule has 0 bridgehead atoms. The van der Waals surface area contributed by atoms with Crippen LogP contribution in [0.25, 0.3) is 0 Å². The van der Waals surface area contributed by atoms with Gasteiger partial charge in [0.1, 0.15) is 0 Å². The molecule has 0 spiro atoms. The first-order chi connectivity index (χ1) is 7.74. The molecule has 2 rings (SSSR count). The van der Waals surface area contributed by atoms with Gasteiger partial charge in [0, 0.05) is 19.2 Å². The summed E-state index contributed by atoms with van der Waals surface area (Å²) in [5.41, 5.74) is 0.310. The quantitative estimate of drug-likeness (QED) is 0.665. The van der Waals surface area contributed by atoms with Crippen molar-refractivity contribution < 1.29 is 5.11 Å². The van der Waals surface area contributed by atoms with E-state index in [-0.39, 0.29) is 0 Å². The first-order valence-corrected chi connectivity index (χ1v) is 6.40. The number of aliphatic hydroxyl groups excluding tert-OH is 1. The van der Waals surface area contributed by atoms with E-state index in [0.717, 1.165) is 25.5 Å². The molecule has 1 heterocycles. The molecule has 92 valence electrons. The highest BCUT2D eigenvalue weighted by atomic mass is 16.3. The Labute approximate surface area is 97.5 Å². The van der Waals surface area contributed by atoms with Crippen molar-refractivity contribution >= 4 is 5.96 Å². The second-order valence-electron chi connectivity index (χ2n) is 5.27. The molecule has 1 aliphatic carbocycles. The van der Waals surface area contributed by atoms with E-state index in [1.54, 1.807) is 0 Å². The second-order valence-corrected chi connectivity index (χ2v) is 5.27. The SMILES string of the molecule is CC1CN=C(NCC2(CCO)CCCC2)N1. The Balaban J connectivity index is 1.82. The number of hydrogen-bond donors (Lipinski definition) is 3. The zero-order valence-corrected chi connectivity index (χ0v) is 10.1. The molecular formula is C12H23N3O. The summed E-state index contributed by atoms with van der Waals surface area (Å²) in [5.74, 6) is 0.941. The van der Waals surface area contributed by atoms with Crippen LogP contribution in [0.2, 0.25) is 0 Å². The molecular weight excluding hydrogens is 202 g/mol. The summed E-state index contributed by atoms with van der Waals surface area (Å²) in [7, 11) is 0. The first-order valence-electron chi connectivity index (χ1n) is 6.40. The Hall–Kier alpha value is -0.770. The van der Waals surface area contributed by atoms with Gasteiger partial charge >= 0.3 is 0 Å². The van der Waals surface area contributed by atoms with Crippen molar-refractivity contribution in [1.82, 2.24) is 10.6 Å². The van der Waals surface area contributed by atoms with Gasteiger partial charge < -0.3 is 15.7 Å². The van der Waals surface area contributed by atoms with Gasteiger partial charge in [0.05, 0.1) is 6.54 Å². The van der Waals surface area contributed by atoms with E-state index < -0.39 is 0 Å². The molecule has 0 aromatic heterocycles. The predicted octanol–water partition coefficient (Wildman–Crippen LogP) is 0.866. The zero-order valence-electron chi connectivity index (χ0n) is 10.1. The van der Waals surface area contributed by atoms with Gasteiger partial charge in [-0.05, 0) is 31.6 Å². The molecule has 3 N–H and O–H groups in total. The van der Waals surface area contributed by atoms with Crippen LogP contribution in [0.3, 0.4) is 0 Å². The van der Waals surface area contributed by atoms with Crippen LogP contribution in [-0.2, 0) is 0 Å². The monoisotopic (exact) mass is 225 g/mol. The van der Waals surface area contributed by atoms with Crippen LogP contribution in [0.5, 0.6) is 0 Å². The highest BCUT2D eigenvalue weighted by molar-refractivity contribution is 5.81. The average molecular weight is 225 g/mol. The fourth-order valence-electron chi connectivity index (χ4n) is 2.81. The average Bonchev–Trinajstić information content (AvgIpc) is 2.86. The van der Waals surface area contributed by atoms with Crippen molar-refractivity contribution in [2.45, 2.75) is 45.1 Å². The number of nitrogens with one attached hydrogen (secondary N) is 2. The summed E-state index contributed by atoms with van der Waals surface area (Å²) < 4.78 is 0. The number of hydrogen-bond acceptors (Lipinski definition) is 4. The molecule has 4 nitrogen and oxygen atoms in total. The third kappa shape index (κ3) is 2.67. The summed E-state index contributed by atoms with van der Waals surface area (Å²) in [4.78, 5) is 4.40. The third-order valence-electron chi connectivity index (χ3n) is 3.84. The van der Waals surface area contributed by atoms with Crippen LogP contribution in [0.4, 0.5) is 0 Å². The lowest BCUT2D eigenvalue weighted by Gasteiger charge is -2.29. The molecule has 1 saturated carbocycles. The molecule has 0 radical (unpaired) electrons. The predicted molar refractivity (Wildman–Crippen MR) is 65.5 cm³/mol. The molecule has 0 aromatic rings. The molecule has 0 amide bonds. The summed E-state index contributed by atoms with van der Waals surface area (Å²) in [6, 6.07) is 0.458. The van der Waals surface area contributed by atoms with Crippen molar-refractivity contribution in [3.05, 3.63) is 0 Å². The minimum Gasteiger partial charge on any atom is -0.396 e. The van der Waals surface area contributed by atoms with Gasteiger partial charge in [0.2, 0.25) is 0 Å². The van der Waals surface area contributed by atoms with Crippen LogP contribution < -0.4 is 10.6 Å². The van der Waals surface area contributed by atoms with E-state index in [4.69, 9.17) is 5.11 Å². The maximum atomic E-state index is 9.15. The largest absolute Gasteiger partial charge is 0.396 e. The summed E-state index contributed by atoms with van der Waals surface area (Å²) in [6.45, 7) is 4.26. The van der Waals surface area contributed by atoms with E-state index in [0.29, 0.717) is 18.1 Å². The zero-order chi connectivity index (χ0) is 11.4. The van der Waals surface area contributed by atoms with Crippen molar-refractivity contribution in [3.63, 3.8) is 0 Å². The molecule has 0 aromatic carbocycles. The fourth-order valence-corrected chi connectivity index (χ4v) is 2.81. The minimum absolute atomic E-state index is 0.304. The van der Waals surface area contributed by atoms with E-state index in [1.807, 2.05) is 0 Å². The van der Waals surface area contributed by atoms with Gasteiger partial charge in [0.15, 0.2) is 5.96 Å². The van der Waals surface area contributed by atoms with Crippen molar-refractivity contribution in [3.8, 4) is 0 Å². The molecule has 1 fully saturated rings. The van der Waals surface area contributed by atoms with E-state index in [1.165, 1.54) is 25.7 Å². The summed E-state index contributed by atoms with van der Waals surface area (Å²) >= 11 is 0. The van der Waals surface area contributed by atoms with Gasteiger partial charge in [-0.15, -0.1) is 0 Å². The summed E-state index contributed by atoms with van der Waals surface area (Å²) in [5, 5.41) is 15.9. The van der Waals surface area contributed by atoms with Gasteiger partial charge in [-0.3, -0.25) is 4.99 Å². The highest BCUT2D eigenvalue weighted by Crippen LogP contribution is 2.40. The standard InChI is InChI=1S/C12H23N3O/c1-10-8-13-11(15-10)14-9-12(6-7-16)4-2-3-5-12/h10,16H,2-9H2,1H3,(H2,13,14,15). The number of rotatable bonds is 4. The van der Waals surface area contributed by atoms with Crippen LogP contribution in [0.15, 0.2) is 4.99 Å². The van der Waals surface area contributed by atoms with Crippen molar-refractivity contribution in [2.24, 2.45) is 10.4 Å². The van der Waals surface area contributed by atoms with Gasteiger partial charge in [-0.25, -0.2) is 0 Å². The van der Waals surface area contributed by atoms with Crippen LogP contribution in [0, 0.1) is 5.41 Å². The normalized spacial score (nSPS) is 27.6.